The van der Waals surface area contributed by atoms with Gasteiger partial charge in [-0.3, -0.25) is 19.3 Å². The third kappa shape index (κ3) is 5.52. The number of nitrogens with one attached hydrogen (secondary N) is 1. The second-order valence-electron chi connectivity index (χ2n) is 10.0. The standard InChI is InChI=1S/C31H33N3O5/c1-22-8-6-11-24(18-22)30(37)34-27(28(35)32-20-23-9-4-3-5-10-23)21-39-31(34)14-16-33(17-15-31)29(36)25-12-7-13-26(19-25)38-2/h3-13,18-19,27H,14-17,20-21H2,1-2H3,(H,32,35)/t27-/m1/s1. The van der Waals surface area contributed by atoms with Crippen LogP contribution in [-0.2, 0) is 16.1 Å². The highest BCUT2D eigenvalue weighted by atomic mass is 16.5. The Bertz CT molecular complexity index is 1350. The zero-order valence-corrected chi connectivity index (χ0v) is 22.3. The number of aryl methyl sites for hydroxylation is 1. The normalized spacial score (nSPS) is 18.2. The Morgan fingerprint density at radius 3 is 2.31 bits per heavy atom. The molecule has 5 rings (SSSR count). The number of piperidine rings is 1. The minimum atomic E-state index is -0.971. The predicted molar refractivity (Wildman–Crippen MR) is 146 cm³/mol. The molecule has 0 aliphatic carbocycles. The molecule has 0 aromatic heterocycles. The Morgan fingerprint density at radius 2 is 1.62 bits per heavy atom. The predicted octanol–water partition coefficient (Wildman–Crippen LogP) is 3.79. The monoisotopic (exact) mass is 527 g/mol. The molecule has 8 heteroatoms. The van der Waals surface area contributed by atoms with Crippen LogP contribution in [0.4, 0.5) is 0 Å². The summed E-state index contributed by atoms with van der Waals surface area (Å²) in [6.45, 7) is 3.18. The Balaban J connectivity index is 1.36. The molecule has 1 atom stereocenters. The van der Waals surface area contributed by atoms with E-state index in [9.17, 15) is 14.4 Å². The number of hydrogen-bond donors (Lipinski definition) is 1. The Labute approximate surface area is 228 Å². The van der Waals surface area contributed by atoms with Crippen LogP contribution in [0.25, 0.3) is 0 Å². The maximum Gasteiger partial charge on any atom is 0.256 e. The molecule has 3 aromatic carbocycles. The third-order valence-electron chi connectivity index (χ3n) is 7.51. The lowest BCUT2D eigenvalue weighted by Crippen LogP contribution is -2.59. The van der Waals surface area contributed by atoms with E-state index in [4.69, 9.17) is 9.47 Å². The van der Waals surface area contributed by atoms with Crippen LogP contribution < -0.4 is 10.1 Å². The van der Waals surface area contributed by atoms with Gasteiger partial charge in [-0.25, -0.2) is 0 Å². The van der Waals surface area contributed by atoms with E-state index in [2.05, 4.69) is 5.32 Å². The van der Waals surface area contributed by atoms with Gasteiger partial charge >= 0.3 is 0 Å². The molecule has 2 fully saturated rings. The SMILES string of the molecule is COc1cccc(C(=O)N2CCC3(CC2)OC[C@H](C(=O)NCc2ccccc2)N3C(=O)c2cccc(C)c2)c1. The maximum atomic E-state index is 13.9. The summed E-state index contributed by atoms with van der Waals surface area (Å²) >= 11 is 0. The fraction of sp³-hybridized carbons (Fsp3) is 0.323. The van der Waals surface area contributed by atoms with Crippen LogP contribution in [0.15, 0.2) is 78.9 Å². The van der Waals surface area contributed by atoms with Crippen molar-refractivity contribution >= 4 is 17.7 Å². The molecule has 1 N–H and O–H groups in total. The summed E-state index contributed by atoms with van der Waals surface area (Å²) in [5.41, 5.74) is 2.01. The maximum absolute atomic E-state index is 13.9. The van der Waals surface area contributed by atoms with Crippen molar-refractivity contribution in [3.63, 3.8) is 0 Å². The summed E-state index contributed by atoms with van der Waals surface area (Å²) in [6, 6.07) is 23.3. The van der Waals surface area contributed by atoms with Crippen molar-refractivity contribution in [1.82, 2.24) is 15.1 Å². The highest BCUT2D eigenvalue weighted by Crippen LogP contribution is 2.39. The van der Waals surface area contributed by atoms with Crippen LogP contribution >= 0.6 is 0 Å². The number of carbonyl (C=O) groups excluding carboxylic acids is 3. The van der Waals surface area contributed by atoms with Crippen LogP contribution in [-0.4, -0.2) is 66.1 Å². The van der Waals surface area contributed by atoms with E-state index in [-0.39, 0.29) is 24.3 Å². The van der Waals surface area contributed by atoms with Gasteiger partial charge in [0, 0.05) is 43.6 Å². The number of benzene rings is 3. The quantitative estimate of drug-likeness (QED) is 0.527. The number of methoxy groups -OCH3 is 1. The van der Waals surface area contributed by atoms with Crippen molar-refractivity contribution < 1.29 is 23.9 Å². The topological polar surface area (TPSA) is 88.2 Å². The van der Waals surface area contributed by atoms with Gasteiger partial charge in [-0.2, -0.15) is 0 Å². The minimum absolute atomic E-state index is 0.0992. The molecule has 2 saturated heterocycles. The number of hydrogen-bond acceptors (Lipinski definition) is 5. The first-order valence-corrected chi connectivity index (χ1v) is 13.2. The number of ether oxygens (including phenoxy) is 2. The second kappa shape index (κ2) is 11.3. The van der Waals surface area contributed by atoms with E-state index in [0.29, 0.717) is 49.4 Å². The highest BCUT2D eigenvalue weighted by molar-refractivity contribution is 5.99. The summed E-state index contributed by atoms with van der Waals surface area (Å²) in [5.74, 6) is 0.0125. The smallest absolute Gasteiger partial charge is 0.256 e. The lowest BCUT2D eigenvalue weighted by molar-refractivity contribution is -0.128. The van der Waals surface area contributed by atoms with E-state index in [1.54, 1.807) is 47.2 Å². The van der Waals surface area contributed by atoms with Crippen molar-refractivity contribution in [1.29, 1.82) is 0 Å². The lowest BCUT2D eigenvalue weighted by atomic mass is 9.95. The Morgan fingerprint density at radius 1 is 0.923 bits per heavy atom. The van der Waals surface area contributed by atoms with Gasteiger partial charge in [0.2, 0.25) is 5.91 Å². The Kier molecular flexibility index (Phi) is 7.65. The third-order valence-corrected chi connectivity index (χ3v) is 7.51. The van der Waals surface area contributed by atoms with Gasteiger partial charge < -0.3 is 19.7 Å². The summed E-state index contributed by atoms with van der Waals surface area (Å²) in [4.78, 5) is 44.0. The van der Waals surface area contributed by atoms with Crippen LogP contribution in [0.5, 0.6) is 5.75 Å². The van der Waals surface area contributed by atoms with E-state index in [1.165, 1.54) is 0 Å². The van der Waals surface area contributed by atoms with Gasteiger partial charge in [0.1, 0.15) is 17.5 Å². The molecule has 8 nitrogen and oxygen atoms in total. The number of likely N-dealkylation sites (tertiary alicyclic amines) is 1. The van der Waals surface area contributed by atoms with E-state index < -0.39 is 11.8 Å². The number of rotatable bonds is 6. The molecule has 0 unspecified atom stereocenters. The minimum Gasteiger partial charge on any atom is -0.497 e. The fourth-order valence-corrected chi connectivity index (χ4v) is 5.38. The molecule has 39 heavy (non-hydrogen) atoms. The molecule has 0 bridgehead atoms. The largest absolute Gasteiger partial charge is 0.497 e. The summed E-state index contributed by atoms with van der Waals surface area (Å²) in [7, 11) is 1.57. The van der Waals surface area contributed by atoms with Crippen molar-refractivity contribution in [2.75, 3.05) is 26.8 Å². The van der Waals surface area contributed by atoms with Gasteiger partial charge in [-0.15, -0.1) is 0 Å². The first kappa shape index (κ1) is 26.4. The van der Waals surface area contributed by atoms with Crippen LogP contribution in [0.1, 0.15) is 44.7 Å². The highest BCUT2D eigenvalue weighted by Gasteiger charge is 2.54. The van der Waals surface area contributed by atoms with Crippen LogP contribution in [0, 0.1) is 6.92 Å². The van der Waals surface area contributed by atoms with Crippen molar-refractivity contribution in [3.8, 4) is 5.75 Å². The molecule has 0 saturated carbocycles. The molecule has 3 aromatic rings. The molecule has 3 amide bonds. The molecular formula is C31H33N3O5. The zero-order chi connectivity index (χ0) is 27.4. The van der Waals surface area contributed by atoms with Gasteiger partial charge in [-0.05, 0) is 42.8 Å². The zero-order valence-electron chi connectivity index (χ0n) is 22.3. The summed E-state index contributed by atoms with van der Waals surface area (Å²) < 4.78 is 11.6. The fourth-order valence-electron chi connectivity index (χ4n) is 5.38. The number of amides is 3. The van der Waals surface area contributed by atoms with Gasteiger partial charge in [-0.1, -0.05) is 54.1 Å². The second-order valence-corrected chi connectivity index (χ2v) is 10.0. The molecule has 2 aliphatic heterocycles. The average molecular weight is 528 g/mol. The molecule has 2 aliphatic rings. The molecule has 1 spiro atoms. The molecule has 2 heterocycles. The average Bonchev–Trinajstić information content (AvgIpc) is 3.34. The lowest BCUT2D eigenvalue weighted by Gasteiger charge is -2.44. The van der Waals surface area contributed by atoms with Crippen LogP contribution in [0.2, 0.25) is 0 Å². The van der Waals surface area contributed by atoms with Crippen LogP contribution in [0.3, 0.4) is 0 Å². The van der Waals surface area contributed by atoms with Crippen molar-refractivity contribution in [2.24, 2.45) is 0 Å². The summed E-state index contributed by atoms with van der Waals surface area (Å²) in [6.07, 6.45) is 0.811. The van der Waals surface area contributed by atoms with Crippen molar-refractivity contribution in [2.45, 2.75) is 38.1 Å². The first-order chi connectivity index (χ1) is 18.9. The Hall–Kier alpha value is -4.17. The van der Waals surface area contributed by atoms with E-state index in [0.717, 1.165) is 11.1 Å². The molecule has 0 radical (unpaired) electrons. The van der Waals surface area contributed by atoms with Gasteiger partial charge in [0.25, 0.3) is 11.8 Å². The molecular weight excluding hydrogens is 494 g/mol. The van der Waals surface area contributed by atoms with Gasteiger partial charge in [0.15, 0.2) is 0 Å². The van der Waals surface area contributed by atoms with E-state index >= 15 is 0 Å². The first-order valence-electron chi connectivity index (χ1n) is 13.2. The number of nitrogens with zero attached hydrogens (tertiary/aromatic N) is 2. The van der Waals surface area contributed by atoms with Crippen molar-refractivity contribution in [3.05, 3.63) is 101 Å². The molecule has 202 valence electrons. The van der Waals surface area contributed by atoms with E-state index in [1.807, 2.05) is 55.5 Å². The summed E-state index contributed by atoms with van der Waals surface area (Å²) in [5, 5.41) is 2.98. The van der Waals surface area contributed by atoms with Gasteiger partial charge in [0.05, 0.1) is 13.7 Å². The number of carbonyl (C=O) groups is 3.